The molecule has 1 heterocycles. The maximum Gasteiger partial charge on any atom is 0.273 e. The summed E-state index contributed by atoms with van der Waals surface area (Å²) in [5.74, 6) is -0.168. The molecule has 3 rings (SSSR count). The molecule has 3 N–H and O–H groups in total. The Morgan fingerprint density at radius 1 is 1.00 bits per heavy atom. The van der Waals surface area contributed by atoms with Crippen LogP contribution in [0.5, 0.6) is 0 Å². The maximum atomic E-state index is 12.2. The Morgan fingerprint density at radius 3 is 2.32 bits per heavy atom. The van der Waals surface area contributed by atoms with E-state index in [4.69, 9.17) is 5.73 Å². The van der Waals surface area contributed by atoms with Gasteiger partial charge in [-0.2, -0.15) is 0 Å². The van der Waals surface area contributed by atoms with E-state index in [0.29, 0.717) is 0 Å². The van der Waals surface area contributed by atoms with Crippen molar-refractivity contribution >= 4 is 11.7 Å². The molecule has 0 fully saturated rings. The molecule has 25 heavy (non-hydrogen) atoms. The number of aromatic nitrogens is 2. The normalized spacial score (nSPS) is 11.7. The Hall–Kier alpha value is -3.21. The number of nitrogens with zero attached hydrogens (tertiary/aromatic N) is 2. The number of carbonyl (C=O) groups excluding carboxylic acids is 1. The van der Waals surface area contributed by atoms with E-state index >= 15 is 0 Å². The number of rotatable bonds is 5. The molecular formula is C20H20N4O. The van der Waals surface area contributed by atoms with Gasteiger partial charge in [-0.3, -0.25) is 4.79 Å². The average Bonchev–Trinajstić information content (AvgIpc) is 2.63. The highest BCUT2D eigenvalue weighted by Gasteiger charge is 2.14. The van der Waals surface area contributed by atoms with Gasteiger partial charge in [-0.15, -0.1) is 0 Å². The number of hydrogen-bond donors (Lipinski definition) is 2. The highest BCUT2D eigenvalue weighted by Crippen LogP contribution is 2.19. The van der Waals surface area contributed by atoms with Crippen LogP contribution in [-0.4, -0.2) is 21.9 Å². The van der Waals surface area contributed by atoms with Crippen molar-refractivity contribution in [1.29, 1.82) is 0 Å². The second-order valence-electron chi connectivity index (χ2n) is 5.93. The fraction of sp³-hybridized carbons (Fsp3) is 0.150. The van der Waals surface area contributed by atoms with Crippen LogP contribution in [0.3, 0.4) is 0 Å². The molecule has 1 aromatic heterocycles. The number of nitrogen functional groups attached to an aromatic ring is 1. The first-order chi connectivity index (χ1) is 12.1. The molecule has 0 aliphatic rings. The smallest absolute Gasteiger partial charge is 0.273 e. The molecule has 0 aliphatic carbocycles. The fourth-order valence-corrected chi connectivity index (χ4v) is 2.68. The molecule has 0 unspecified atom stereocenters. The van der Waals surface area contributed by atoms with Gasteiger partial charge in [0, 0.05) is 18.4 Å². The number of amides is 1. The lowest BCUT2D eigenvalue weighted by Crippen LogP contribution is -2.35. The lowest BCUT2D eigenvalue weighted by Gasteiger charge is -2.14. The molecular weight excluding hydrogens is 312 g/mol. The molecule has 1 amide bonds. The summed E-state index contributed by atoms with van der Waals surface area (Å²) in [6, 6.07) is 18.6. The van der Waals surface area contributed by atoms with Crippen LogP contribution < -0.4 is 11.1 Å². The molecule has 0 radical (unpaired) electrons. The molecule has 2 aromatic carbocycles. The predicted octanol–water partition coefficient (Wildman–Crippen LogP) is 3.09. The van der Waals surface area contributed by atoms with Gasteiger partial charge in [0.25, 0.3) is 5.91 Å². The van der Waals surface area contributed by atoms with Crippen molar-refractivity contribution in [3.63, 3.8) is 0 Å². The Morgan fingerprint density at radius 2 is 1.64 bits per heavy atom. The Kier molecular flexibility index (Phi) is 5.04. The van der Waals surface area contributed by atoms with Crippen LogP contribution in [0.1, 0.15) is 23.0 Å². The average molecular weight is 332 g/mol. The Bertz CT molecular complexity index is 847. The number of nitrogens with two attached hydrogens (primary N) is 1. The number of benzene rings is 2. The van der Waals surface area contributed by atoms with Crippen molar-refractivity contribution in [2.24, 2.45) is 0 Å². The summed E-state index contributed by atoms with van der Waals surface area (Å²) >= 11 is 0. The van der Waals surface area contributed by atoms with Crippen molar-refractivity contribution in [2.45, 2.75) is 19.4 Å². The van der Waals surface area contributed by atoms with E-state index in [0.717, 1.165) is 12.0 Å². The molecule has 1 atom stereocenters. The molecule has 126 valence electrons. The fourth-order valence-electron chi connectivity index (χ4n) is 2.68. The summed E-state index contributed by atoms with van der Waals surface area (Å²) in [5, 5.41) is 2.91. The van der Waals surface area contributed by atoms with Crippen molar-refractivity contribution in [1.82, 2.24) is 15.3 Å². The second-order valence-corrected chi connectivity index (χ2v) is 5.93. The van der Waals surface area contributed by atoms with Gasteiger partial charge in [0.15, 0.2) is 11.5 Å². The third-order valence-electron chi connectivity index (χ3n) is 3.92. The van der Waals surface area contributed by atoms with Crippen LogP contribution in [0.2, 0.25) is 0 Å². The van der Waals surface area contributed by atoms with Crippen LogP contribution >= 0.6 is 0 Å². The summed E-state index contributed by atoms with van der Waals surface area (Å²) in [6.07, 6.45) is 3.64. The third kappa shape index (κ3) is 4.20. The maximum absolute atomic E-state index is 12.2. The lowest BCUT2D eigenvalue weighted by molar-refractivity contribution is 0.0935. The van der Waals surface area contributed by atoms with Gasteiger partial charge in [-0.25, -0.2) is 9.97 Å². The minimum atomic E-state index is -0.306. The minimum Gasteiger partial charge on any atom is -0.382 e. The molecule has 5 heteroatoms. The summed E-state index contributed by atoms with van der Waals surface area (Å²) in [7, 11) is 0. The highest BCUT2D eigenvalue weighted by atomic mass is 16.2. The summed E-state index contributed by atoms with van der Waals surface area (Å²) < 4.78 is 0. The molecule has 3 aromatic rings. The van der Waals surface area contributed by atoms with Gasteiger partial charge in [0.05, 0.1) is 0 Å². The first-order valence-electron chi connectivity index (χ1n) is 8.15. The van der Waals surface area contributed by atoms with Crippen molar-refractivity contribution < 1.29 is 4.79 Å². The van der Waals surface area contributed by atoms with E-state index < -0.39 is 0 Å². The number of nitrogens with one attached hydrogen (secondary N) is 1. The summed E-state index contributed by atoms with van der Waals surface area (Å²) in [5.41, 5.74) is 9.36. The van der Waals surface area contributed by atoms with E-state index in [2.05, 4.69) is 51.7 Å². The highest BCUT2D eigenvalue weighted by molar-refractivity contribution is 5.96. The van der Waals surface area contributed by atoms with Gasteiger partial charge >= 0.3 is 0 Å². The van der Waals surface area contributed by atoms with Gasteiger partial charge in [-0.1, -0.05) is 54.6 Å². The lowest BCUT2D eigenvalue weighted by atomic mass is 10.0. The van der Waals surface area contributed by atoms with E-state index in [1.807, 2.05) is 25.1 Å². The largest absolute Gasteiger partial charge is 0.382 e. The first-order valence-corrected chi connectivity index (χ1v) is 8.15. The van der Waals surface area contributed by atoms with E-state index in [9.17, 15) is 4.79 Å². The van der Waals surface area contributed by atoms with Gasteiger partial charge in [0.2, 0.25) is 0 Å². The Labute approximate surface area is 146 Å². The zero-order chi connectivity index (χ0) is 17.6. The van der Waals surface area contributed by atoms with E-state index in [1.165, 1.54) is 23.5 Å². The van der Waals surface area contributed by atoms with Crippen LogP contribution in [-0.2, 0) is 6.42 Å². The standard InChI is InChI=1S/C20H20N4O/c1-14(24-20(25)18-19(21)23-12-11-22-18)13-15-7-9-17(10-8-15)16-5-3-2-4-6-16/h2-12,14H,13H2,1H3,(H2,21,23)(H,24,25)/t14-/m1/s1. The molecule has 0 saturated carbocycles. The number of hydrogen-bond acceptors (Lipinski definition) is 4. The molecule has 0 bridgehead atoms. The van der Waals surface area contributed by atoms with Crippen LogP contribution in [0.25, 0.3) is 11.1 Å². The molecule has 0 aliphatic heterocycles. The van der Waals surface area contributed by atoms with E-state index in [-0.39, 0.29) is 23.5 Å². The van der Waals surface area contributed by atoms with Crippen molar-refractivity contribution in [3.05, 3.63) is 78.2 Å². The van der Waals surface area contributed by atoms with Gasteiger partial charge in [-0.05, 0) is 30.0 Å². The van der Waals surface area contributed by atoms with E-state index in [1.54, 1.807) is 0 Å². The molecule has 0 spiro atoms. The topological polar surface area (TPSA) is 80.9 Å². The zero-order valence-electron chi connectivity index (χ0n) is 14.0. The third-order valence-corrected chi connectivity index (χ3v) is 3.92. The number of anilines is 1. The molecule has 0 saturated heterocycles. The minimum absolute atomic E-state index is 0.0449. The first kappa shape index (κ1) is 16.6. The van der Waals surface area contributed by atoms with Gasteiger partial charge in [0.1, 0.15) is 0 Å². The van der Waals surface area contributed by atoms with Crippen molar-refractivity contribution in [3.8, 4) is 11.1 Å². The molecule has 5 nitrogen and oxygen atoms in total. The number of carbonyl (C=O) groups is 1. The Balaban J connectivity index is 1.62. The zero-order valence-corrected chi connectivity index (χ0v) is 14.0. The van der Waals surface area contributed by atoms with Crippen molar-refractivity contribution in [2.75, 3.05) is 5.73 Å². The van der Waals surface area contributed by atoms with Crippen LogP contribution in [0.4, 0.5) is 5.82 Å². The monoisotopic (exact) mass is 332 g/mol. The van der Waals surface area contributed by atoms with Crippen LogP contribution in [0, 0.1) is 0 Å². The predicted molar refractivity (Wildman–Crippen MR) is 99.0 cm³/mol. The SMILES string of the molecule is C[C@H](Cc1ccc(-c2ccccc2)cc1)NC(=O)c1nccnc1N. The van der Waals surface area contributed by atoms with Gasteiger partial charge < -0.3 is 11.1 Å². The van der Waals surface area contributed by atoms with Crippen LogP contribution in [0.15, 0.2) is 67.0 Å². The summed E-state index contributed by atoms with van der Waals surface area (Å²) in [6.45, 7) is 1.95. The quantitative estimate of drug-likeness (QED) is 0.752. The second kappa shape index (κ2) is 7.57. The summed E-state index contributed by atoms with van der Waals surface area (Å²) in [4.78, 5) is 20.1.